The van der Waals surface area contributed by atoms with Crippen LogP contribution in [0.3, 0.4) is 0 Å². The summed E-state index contributed by atoms with van der Waals surface area (Å²) in [6.07, 6.45) is 15.4. The summed E-state index contributed by atoms with van der Waals surface area (Å²) in [6.45, 7) is 0. The van der Waals surface area contributed by atoms with Gasteiger partial charge < -0.3 is 4.90 Å². The molecule has 0 amide bonds. The van der Waals surface area contributed by atoms with E-state index in [2.05, 4.69) is 144 Å². The molecule has 1 nitrogen and oxygen atoms in total. The van der Waals surface area contributed by atoms with Gasteiger partial charge in [0.1, 0.15) is 0 Å². The SMILES string of the molecule is c1ccc2c(c1)-c1ccccc1-c1cccc(N(c3ccc(C4CCCCC4)cc3)c3ccc(C45CC6CC(CC(C6)C4)C5)cc3)c1-c1ccccc1-2. The summed E-state index contributed by atoms with van der Waals surface area (Å²) in [5.41, 5.74) is 17.5. The Balaban J connectivity index is 1.10. The number of anilines is 3. The summed E-state index contributed by atoms with van der Waals surface area (Å²) in [5.74, 6) is 3.51. The second kappa shape index (κ2) is 12.6. The summed E-state index contributed by atoms with van der Waals surface area (Å²) in [6, 6.07) is 53.8. The van der Waals surface area contributed by atoms with Gasteiger partial charge in [-0.3, -0.25) is 0 Å². The van der Waals surface area contributed by atoms with Crippen LogP contribution in [0.4, 0.5) is 17.1 Å². The Morgan fingerprint density at radius 3 is 1.42 bits per heavy atom. The van der Waals surface area contributed by atoms with Gasteiger partial charge >= 0.3 is 0 Å². The van der Waals surface area contributed by atoms with Crippen molar-refractivity contribution in [3.05, 3.63) is 151 Å². The van der Waals surface area contributed by atoms with Crippen molar-refractivity contribution in [1.29, 1.82) is 0 Å². The van der Waals surface area contributed by atoms with Crippen LogP contribution in [0.25, 0.3) is 44.5 Å². The minimum Gasteiger partial charge on any atom is -0.310 e. The van der Waals surface area contributed by atoms with Crippen LogP contribution in [0.2, 0.25) is 0 Å². The predicted molar refractivity (Wildman–Crippen MR) is 222 cm³/mol. The van der Waals surface area contributed by atoms with E-state index in [1.54, 1.807) is 5.56 Å². The fraction of sp³-hybridized carbons (Fsp3) is 0.308. The highest BCUT2D eigenvalue weighted by molar-refractivity contribution is 6.07. The standard InChI is InChI=1S/C52H49N/c1-2-11-38(12-3-1)39-21-25-41(26-22-39)53(42-27-23-40(24-28-42)52-32-35-29-36(33-52)31-37(30-35)34-52)50-20-10-19-49-47-16-7-6-15-45(47)43-13-4-5-14-44(43)46-17-8-9-18-48(46)51(49)50/h4-10,13-28,35-38H,1-3,11-12,29-34H2. The normalized spacial score (nSPS) is 24.0. The highest BCUT2D eigenvalue weighted by Gasteiger charge is 2.51. The first-order valence-electron chi connectivity index (χ1n) is 20.6. The van der Waals surface area contributed by atoms with Crippen molar-refractivity contribution in [2.45, 2.75) is 82.0 Å². The molecule has 1 heteroatoms. The quantitative estimate of drug-likeness (QED) is 0.174. The number of hydrogen-bond donors (Lipinski definition) is 0. The second-order valence-corrected chi connectivity index (χ2v) is 17.3. The lowest BCUT2D eigenvalue weighted by molar-refractivity contribution is -0.00518. The molecule has 262 valence electrons. The van der Waals surface area contributed by atoms with E-state index >= 15 is 0 Å². The van der Waals surface area contributed by atoms with Crippen LogP contribution in [0.5, 0.6) is 0 Å². The van der Waals surface area contributed by atoms with E-state index in [4.69, 9.17) is 0 Å². The number of hydrogen-bond acceptors (Lipinski definition) is 1. The number of fused-ring (bicyclic) bond motifs is 8. The summed E-state index contributed by atoms with van der Waals surface area (Å²) < 4.78 is 0. The van der Waals surface area contributed by atoms with Gasteiger partial charge in [0, 0.05) is 16.9 Å². The lowest BCUT2D eigenvalue weighted by Gasteiger charge is -2.57. The van der Waals surface area contributed by atoms with Gasteiger partial charge in [-0.25, -0.2) is 0 Å². The van der Waals surface area contributed by atoms with E-state index in [0.29, 0.717) is 11.3 Å². The third-order valence-electron chi connectivity index (χ3n) is 14.2. The molecule has 0 atom stereocenters. The molecule has 0 N–H and O–H groups in total. The van der Waals surface area contributed by atoms with Crippen molar-refractivity contribution >= 4 is 17.1 Å². The van der Waals surface area contributed by atoms with Crippen LogP contribution in [-0.2, 0) is 5.41 Å². The molecule has 4 bridgehead atoms. The summed E-state index contributed by atoms with van der Waals surface area (Å²) in [5, 5.41) is 0. The molecule has 5 fully saturated rings. The fourth-order valence-electron chi connectivity index (χ4n) is 12.3. The van der Waals surface area contributed by atoms with Crippen LogP contribution < -0.4 is 4.90 Å². The minimum absolute atomic E-state index is 0.387. The topological polar surface area (TPSA) is 3.24 Å². The zero-order valence-corrected chi connectivity index (χ0v) is 30.8. The molecule has 0 saturated heterocycles. The van der Waals surface area contributed by atoms with Gasteiger partial charge in [0.15, 0.2) is 0 Å². The molecule has 0 aliphatic heterocycles. The molecule has 6 aromatic carbocycles. The van der Waals surface area contributed by atoms with Gasteiger partial charge in [0.2, 0.25) is 0 Å². The van der Waals surface area contributed by atoms with Crippen LogP contribution >= 0.6 is 0 Å². The first-order valence-corrected chi connectivity index (χ1v) is 20.6. The zero-order chi connectivity index (χ0) is 34.9. The van der Waals surface area contributed by atoms with Crippen molar-refractivity contribution in [3.8, 4) is 44.5 Å². The summed E-state index contributed by atoms with van der Waals surface area (Å²) in [7, 11) is 0. The van der Waals surface area contributed by atoms with Gasteiger partial charge in [0.05, 0.1) is 5.69 Å². The number of nitrogens with zero attached hydrogens (tertiary/aromatic N) is 1. The molecule has 0 heterocycles. The second-order valence-electron chi connectivity index (χ2n) is 17.3. The first-order chi connectivity index (χ1) is 26.2. The Kier molecular flexibility index (Phi) is 7.53. The third-order valence-corrected chi connectivity index (χ3v) is 14.2. The number of rotatable bonds is 5. The first kappa shape index (κ1) is 31.6. The molecule has 6 aliphatic carbocycles. The van der Waals surface area contributed by atoms with Crippen LogP contribution in [0.15, 0.2) is 140 Å². The molecule has 0 radical (unpaired) electrons. The monoisotopic (exact) mass is 687 g/mol. The van der Waals surface area contributed by atoms with E-state index in [1.807, 2.05) is 0 Å². The highest BCUT2D eigenvalue weighted by atomic mass is 15.1. The molecule has 0 spiro atoms. The van der Waals surface area contributed by atoms with Crippen LogP contribution in [0.1, 0.15) is 87.7 Å². The van der Waals surface area contributed by atoms with Gasteiger partial charge in [-0.15, -0.1) is 0 Å². The lowest BCUT2D eigenvalue weighted by atomic mass is 9.48. The average molecular weight is 688 g/mol. The summed E-state index contributed by atoms with van der Waals surface area (Å²) >= 11 is 0. The molecule has 6 aliphatic rings. The van der Waals surface area contributed by atoms with Gasteiger partial charge in [-0.05, 0) is 161 Å². The van der Waals surface area contributed by atoms with E-state index < -0.39 is 0 Å². The van der Waals surface area contributed by atoms with E-state index in [0.717, 1.165) is 17.8 Å². The Hall–Kier alpha value is -4.88. The minimum atomic E-state index is 0.387. The lowest BCUT2D eigenvalue weighted by Crippen LogP contribution is -2.48. The summed E-state index contributed by atoms with van der Waals surface area (Å²) in [4.78, 5) is 2.57. The molecular formula is C52H49N. The molecular weight excluding hydrogens is 639 g/mol. The zero-order valence-electron chi connectivity index (χ0n) is 30.8. The third kappa shape index (κ3) is 5.25. The Labute approximate surface area is 315 Å². The Bertz CT molecular complexity index is 2260. The maximum atomic E-state index is 2.57. The Morgan fingerprint density at radius 1 is 0.415 bits per heavy atom. The highest BCUT2D eigenvalue weighted by Crippen LogP contribution is 2.61. The number of benzene rings is 6. The molecule has 5 saturated carbocycles. The van der Waals surface area contributed by atoms with E-state index in [9.17, 15) is 0 Å². The fourth-order valence-corrected chi connectivity index (χ4v) is 12.3. The molecule has 12 rings (SSSR count). The van der Waals surface area contributed by atoms with Crippen molar-refractivity contribution in [3.63, 3.8) is 0 Å². The molecule has 0 aromatic heterocycles. The van der Waals surface area contributed by atoms with Crippen molar-refractivity contribution in [2.75, 3.05) is 4.90 Å². The largest absolute Gasteiger partial charge is 0.310 e. The van der Waals surface area contributed by atoms with Crippen molar-refractivity contribution in [2.24, 2.45) is 17.8 Å². The van der Waals surface area contributed by atoms with Crippen LogP contribution in [0, 0.1) is 17.8 Å². The maximum Gasteiger partial charge on any atom is 0.0546 e. The maximum absolute atomic E-state index is 2.57. The van der Waals surface area contributed by atoms with Gasteiger partial charge in [0.25, 0.3) is 0 Å². The predicted octanol–water partition coefficient (Wildman–Crippen LogP) is 14.7. The van der Waals surface area contributed by atoms with E-state index in [1.165, 1.54) is 138 Å². The molecule has 6 aromatic rings. The van der Waals surface area contributed by atoms with E-state index in [-0.39, 0.29) is 0 Å². The van der Waals surface area contributed by atoms with Crippen molar-refractivity contribution < 1.29 is 0 Å². The molecule has 0 unspecified atom stereocenters. The van der Waals surface area contributed by atoms with Crippen molar-refractivity contribution in [1.82, 2.24) is 0 Å². The molecule has 53 heavy (non-hydrogen) atoms. The van der Waals surface area contributed by atoms with Gasteiger partial charge in [-0.1, -0.05) is 128 Å². The van der Waals surface area contributed by atoms with Crippen LogP contribution in [-0.4, -0.2) is 0 Å². The Morgan fingerprint density at radius 2 is 0.868 bits per heavy atom. The van der Waals surface area contributed by atoms with Gasteiger partial charge in [-0.2, -0.15) is 0 Å². The smallest absolute Gasteiger partial charge is 0.0546 e. The average Bonchev–Trinajstić information content (AvgIpc) is 3.21.